The Labute approximate surface area is 107 Å². The molecule has 2 aliphatic rings. The minimum absolute atomic E-state index is 0.580. The summed E-state index contributed by atoms with van der Waals surface area (Å²) in [7, 11) is 1.70. The van der Waals surface area contributed by atoms with Crippen LogP contribution in [0.4, 0.5) is 0 Å². The average Bonchev–Trinajstić information content (AvgIpc) is 2.85. The highest BCUT2D eigenvalue weighted by atomic mass is 16.7. The van der Waals surface area contributed by atoms with Gasteiger partial charge in [0.2, 0.25) is 0 Å². The second-order valence-corrected chi connectivity index (χ2v) is 4.82. The molecular formula is C15H18O3. The van der Waals surface area contributed by atoms with Crippen molar-refractivity contribution in [3.63, 3.8) is 0 Å². The molecule has 1 heterocycles. The molecule has 1 aliphatic heterocycles. The molecule has 1 saturated heterocycles. The highest BCUT2D eigenvalue weighted by Crippen LogP contribution is 2.40. The zero-order valence-corrected chi connectivity index (χ0v) is 10.9. The molecule has 3 rings (SSSR count). The molecule has 1 aromatic carbocycles. The fourth-order valence-corrected chi connectivity index (χ4v) is 2.75. The highest BCUT2D eigenvalue weighted by molar-refractivity contribution is 5.75. The Morgan fingerprint density at radius 3 is 2.72 bits per heavy atom. The number of hydrogen-bond acceptors (Lipinski definition) is 3. The number of fused-ring (bicyclic) bond motifs is 1. The van der Waals surface area contributed by atoms with E-state index in [-0.39, 0.29) is 0 Å². The van der Waals surface area contributed by atoms with Crippen molar-refractivity contribution in [2.45, 2.75) is 25.6 Å². The summed E-state index contributed by atoms with van der Waals surface area (Å²) in [4.78, 5) is 0. The first-order chi connectivity index (χ1) is 8.73. The average molecular weight is 246 g/mol. The first kappa shape index (κ1) is 11.8. The third-order valence-electron chi connectivity index (χ3n) is 3.69. The van der Waals surface area contributed by atoms with Gasteiger partial charge in [0.25, 0.3) is 0 Å². The van der Waals surface area contributed by atoms with E-state index in [0.29, 0.717) is 13.2 Å². The molecule has 0 spiro atoms. The molecule has 3 nitrogen and oxygen atoms in total. The maximum Gasteiger partial charge on any atom is 0.192 e. The predicted octanol–water partition coefficient (Wildman–Crippen LogP) is 2.79. The van der Waals surface area contributed by atoms with Gasteiger partial charge in [0.15, 0.2) is 5.79 Å². The summed E-state index contributed by atoms with van der Waals surface area (Å²) >= 11 is 0. The molecule has 3 heteroatoms. The van der Waals surface area contributed by atoms with Crippen molar-refractivity contribution in [3.05, 3.63) is 35.4 Å². The Kier molecular flexibility index (Phi) is 2.88. The van der Waals surface area contributed by atoms with E-state index in [0.717, 1.165) is 24.2 Å². The molecule has 0 N–H and O–H groups in total. The molecular weight excluding hydrogens is 228 g/mol. The van der Waals surface area contributed by atoms with Gasteiger partial charge in [-0.2, -0.15) is 0 Å². The van der Waals surface area contributed by atoms with E-state index >= 15 is 0 Å². The van der Waals surface area contributed by atoms with Gasteiger partial charge < -0.3 is 14.2 Å². The Balaban J connectivity index is 2.02. The number of aryl methyl sites for hydroxylation is 1. The van der Waals surface area contributed by atoms with Gasteiger partial charge >= 0.3 is 0 Å². The van der Waals surface area contributed by atoms with Crippen LogP contribution in [0.1, 0.15) is 24.5 Å². The number of rotatable bonds is 2. The lowest BCUT2D eigenvalue weighted by atomic mass is 9.86. The normalized spacial score (nSPS) is 21.3. The number of hydrogen-bond donors (Lipinski definition) is 0. The fourth-order valence-electron chi connectivity index (χ4n) is 2.75. The van der Waals surface area contributed by atoms with Crippen LogP contribution in [0.5, 0.6) is 5.75 Å². The van der Waals surface area contributed by atoms with Gasteiger partial charge in [0.1, 0.15) is 5.75 Å². The molecule has 1 aliphatic carbocycles. The fraction of sp³-hybridized carbons (Fsp3) is 0.467. The molecule has 0 radical (unpaired) electrons. The van der Waals surface area contributed by atoms with E-state index in [9.17, 15) is 0 Å². The molecule has 0 aromatic heterocycles. The van der Waals surface area contributed by atoms with Crippen LogP contribution in [-0.2, 0) is 15.9 Å². The molecule has 0 atom stereocenters. The zero-order chi connectivity index (χ0) is 12.6. The maximum absolute atomic E-state index is 5.77. The van der Waals surface area contributed by atoms with Gasteiger partial charge in [0.05, 0.1) is 20.3 Å². The van der Waals surface area contributed by atoms with Crippen molar-refractivity contribution in [2.75, 3.05) is 20.3 Å². The minimum atomic E-state index is -0.580. The lowest BCUT2D eigenvalue weighted by Crippen LogP contribution is -2.29. The van der Waals surface area contributed by atoms with Crippen molar-refractivity contribution in [3.8, 4) is 5.75 Å². The van der Waals surface area contributed by atoms with E-state index < -0.39 is 5.79 Å². The number of methoxy groups -OCH3 is 1. The van der Waals surface area contributed by atoms with Crippen molar-refractivity contribution in [1.82, 2.24) is 0 Å². The van der Waals surface area contributed by atoms with Gasteiger partial charge in [-0.1, -0.05) is 12.1 Å². The van der Waals surface area contributed by atoms with Gasteiger partial charge in [-0.05, 0) is 43.0 Å². The smallest absolute Gasteiger partial charge is 0.192 e. The molecule has 96 valence electrons. The SMILES string of the molecule is COc1ccc2c(c1)CCC=C2C1(C)OCCO1. The van der Waals surface area contributed by atoms with Gasteiger partial charge in [-0.3, -0.25) is 0 Å². The van der Waals surface area contributed by atoms with Gasteiger partial charge in [-0.15, -0.1) is 0 Å². The minimum Gasteiger partial charge on any atom is -0.497 e. The molecule has 1 aromatic rings. The van der Waals surface area contributed by atoms with Crippen molar-refractivity contribution < 1.29 is 14.2 Å². The second-order valence-electron chi connectivity index (χ2n) is 4.82. The van der Waals surface area contributed by atoms with Crippen LogP contribution in [0.3, 0.4) is 0 Å². The highest BCUT2D eigenvalue weighted by Gasteiger charge is 2.37. The van der Waals surface area contributed by atoms with E-state index in [1.165, 1.54) is 11.1 Å². The second kappa shape index (κ2) is 4.41. The zero-order valence-electron chi connectivity index (χ0n) is 10.9. The first-order valence-electron chi connectivity index (χ1n) is 6.39. The Hall–Kier alpha value is -1.32. The summed E-state index contributed by atoms with van der Waals surface area (Å²) in [5.41, 5.74) is 3.70. The van der Waals surface area contributed by atoms with E-state index in [1.54, 1.807) is 7.11 Å². The summed E-state index contributed by atoms with van der Waals surface area (Å²) < 4.78 is 16.8. The third kappa shape index (κ3) is 1.84. The number of ether oxygens (including phenoxy) is 3. The summed E-state index contributed by atoms with van der Waals surface area (Å²) in [5.74, 6) is 0.331. The Morgan fingerprint density at radius 1 is 1.22 bits per heavy atom. The maximum atomic E-state index is 5.77. The molecule has 1 fully saturated rings. The van der Waals surface area contributed by atoms with Crippen LogP contribution >= 0.6 is 0 Å². The summed E-state index contributed by atoms with van der Waals surface area (Å²) in [5, 5.41) is 0. The lowest BCUT2D eigenvalue weighted by molar-refractivity contribution is -0.0906. The van der Waals surface area contributed by atoms with E-state index in [4.69, 9.17) is 14.2 Å². The number of allylic oxidation sites excluding steroid dienone is 1. The van der Waals surface area contributed by atoms with Crippen LogP contribution in [0.2, 0.25) is 0 Å². The van der Waals surface area contributed by atoms with Crippen molar-refractivity contribution in [2.24, 2.45) is 0 Å². The first-order valence-corrected chi connectivity index (χ1v) is 6.39. The largest absolute Gasteiger partial charge is 0.497 e. The standard InChI is InChI=1S/C15H18O3/c1-15(17-8-9-18-15)14-5-3-4-11-10-12(16-2)6-7-13(11)14/h5-7,10H,3-4,8-9H2,1-2H3. The predicted molar refractivity (Wildman–Crippen MR) is 69.6 cm³/mol. The summed E-state index contributed by atoms with van der Waals surface area (Å²) in [6.07, 6.45) is 4.31. The van der Waals surface area contributed by atoms with Crippen LogP contribution < -0.4 is 4.74 Å². The van der Waals surface area contributed by atoms with Crippen LogP contribution in [0.15, 0.2) is 24.3 Å². The van der Waals surface area contributed by atoms with Crippen LogP contribution in [0, 0.1) is 0 Å². The van der Waals surface area contributed by atoms with Crippen molar-refractivity contribution >= 4 is 5.57 Å². The van der Waals surface area contributed by atoms with E-state index in [2.05, 4.69) is 18.2 Å². The number of benzene rings is 1. The molecule has 0 bridgehead atoms. The summed E-state index contributed by atoms with van der Waals surface area (Å²) in [6, 6.07) is 6.21. The van der Waals surface area contributed by atoms with Crippen LogP contribution in [0.25, 0.3) is 5.57 Å². The van der Waals surface area contributed by atoms with E-state index in [1.807, 2.05) is 13.0 Å². The molecule has 0 amide bonds. The molecule has 0 saturated carbocycles. The quantitative estimate of drug-likeness (QED) is 0.803. The van der Waals surface area contributed by atoms with Crippen molar-refractivity contribution in [1.29, 1.82) is 0 Å². The topological polar surface area (TPSA) is 27.7 Å². The monoisotopic (exact) mass is 246 g/mol. The lowest BCUT2D eigenvalue weighted by Gasteiger charge is -2.30. The molecule has 0 unspecified atom stereocenters. The van der Waals surface area contributed by atoms with Crippen LogP contribution in [-0.4, -0.2) is 26.1 Å². The Bertz CT molecular complexity index is 485. The summed E-state index contributed by atoms with van der Waals surface area (Å²) in [6.45, 7) is 3.34. The Morgan fingerprint density at radius 2 is 2.00 bits per heavy atom. The molecule has 18 heavy (non-hydrogen) atoms. The van der Waals surface area contributed by atoms with Gasteiger partial charge in [-0.25, -0.2) is 0 Å². The van der Waals surface area contributed by atoms with Gasteiger partial charge in [0, 0.05) is 5.57 Å². The third-order valence-corrected chi connectivity index (χ3v) is 3.69.